The van der Waals surface area contributed by atoms with Gasteiger partial charge in [-0.2, -0.15) is 13.2 Å². The fourth-order valence-corrected chi connectivity index (χ4v) is 4.63. The van der Waals surface area contributed by atoms with Gasteiger partial charge in [0.25, 0.3) is 0 Å². The number of alkyl halides is 3. The summed E-state index contributed by atoms with van der Waals surface area (Å²) in [7, 11) is 1.24. The van der Waals surface area contributed by atoms with Crippen LogP contribution in [0.3, 0.4) is 0 Å². The number of esters is 2. The summed E-state index contributed by atoms with van der Waals surface area (Å²) in [6.45, 7) is 0.772. The van der Waals surface area contributed by atoms with E-state index >= 15 is 0 Å². The van der Waals surface area contributed by atoms with Gasteiger partial charge in [-0.05, 0) is 31.4 Å². The molecule has 1 unspecified atom stereocenters. The predicted octanol–water partition coefficient (Wildman–Crippen LogP) is 2.84. The summed E-state index contributed by atoms with van der Waals surface area (Å²) in [5.74, 6) is -1.74. The average Bonchev–Trinajstić information content (AvgIpc) is 3.14. The Kier molecular flexibility index (Phi) is 8.22. The zero-order chi connectivity index (χ0) is 24.0. The highest BCUT2D eigenvalue weighted by molar-refractivity contribution is 8.04. The van der Waals surface area contributed by atoms with Crippen LogP contribution in [0, 0.1) is 5.92 Å². The van der Waals surface area contributed by atoms with Crippen molar-refractivity contribution in [1.82, 2.24) is 9.88 Å². The Morgan fingerprint density at radius 1 is 1.36 bits per heavy atom. The highest BCUT2D eigenvalue weighted by Crippen LogP contribution is 2.36. The van der Waals surface area contributed by atoms with Gasteiger partial charge in [-0.1, -0.05) is 11.8 Å². The molecular weight excluding hydrogens is 463 g/mol. The number of ether oxygens (including phenoxy) is 2. The van der Waals surface area contributed by atoms with Gasteiger partial charge in [0.15, 0.2) is 0 Å². The summed E-state index contributed by atoms with van der Waals surface area (Å²) in [5, 5.41) is 0.483. The number of carbonyl (C=O) groups is 3. The highest BCUT2D eigenvalue weighted by Gasteiger charge is 2.37. The Hall–Kier alpha value is -2.76. The van der Waals surface area contributed by atoms with Crippen LogP contribution in [0.1, 0.15) is 24.8 Å². The zero-order valence-electron chi connectivity index (χ0n) is 18.0. The van der Waals surface area contributed by atoms with Crippen LogP contribution < -0.4 is 4.90 Å². The number of carbonyl (C=O) groups excluding carboxylic acids is 3. The van der Waals surface area contributed by atoms with Crippen molar-refractivity contribution in [3.8, 4) is 0 Å². The zero-order valence-corrected chi connectivity index (χ0v) is 18.8. The number of hydrogen-bond acceptors (Lipinski definition) is 8. The number of anilines is 1. The maximum absolute atomic E-state index is 13.3. The van der Waals surface area contributed by atoms with Crippen molar-refractivity contribution in [3.63, 3.8) is 0 Å². The summed E-state index contributed by atoms with van der Waals surface area (Å²) < 4.78 is 49.9. The minimum absolute atomic E-state index is 0.0483. The summed E-state index contributed by atoms with van der Waals surface area (Å²) in [6.07, 6.45) is -0.598. The number of rotatable bonds is 7. The molecule has 1 atom stereocenters. The Balaban J connectivity index is 1.52. The number of pyridine rings is 1. The Morgan fingerprint density at radius 2 is 2.15 bits per heavy atom. The second kappa shape index (κ2) is 10.9. The number of methoxy groups -OCH3 is 1. The van der Waals surface area contributed by atoms with Crippen molar-refractivity contribution in [3.05, 3.63) is 35.0 Å². The number of nitrogens with zero attached hydrogens (tertiary/aromatic N) is 3. The number of hydrogen-bond donors (Lipinski definition) is 0. The minimum atomic E-state index is -4.54. The van der Waals surface area contributed by atoms with Gasteiger partial charge in [0, 0.05) is 25.8 Å². The van der Waals surface area contributed by atoms with E-state index in [-0.39, 0.29) is 37.2 Å². The molecule has 0 N–H and O–H groups in total. The number of aromatic nitrogens is 1. The van der Waals surface area contributed by atoms with Gasteiger partial charge < -0.3 is 19.3 Å². The van der Waals surface area contributed by atoms with E-state index in [0.29, 0.717) is 30.8 Å². The molecule has 33 heavy (non-hydrogen) atoms. The maximum Gasteiger partial charge on any atom is 0.419 e. The smallest absolute Gasteiger partial charge is 0.419 e. The molecule has 0 aliphatic carbocycles. The molecule has 12 heteroatoms. The van der Waals surface area contributed by atoms with E-state index in [1.807, 2.05) is 0 Å². The van der Waals surface area contributed by atoms with Crippen molar-refractivity contribution >= 4 is 35.4 Å². The van der Waals surface area contributed by atoms with Gasteiger partial charge in [-0.3, -0.25) is 9.59 Å². The lowest BCUT2D eigenvalue weighted by atomic mass is 9.97. The lowest BCUT2D eigenvalue weighted by molar-refractivity contribution is -0.149. The minimum Gasteiger partial charge on any atom is -0.466 e. The molecule has 2 aliphatic heterocycles. The van der Waals surface area contributed by atoms with E-state index in [9.17, 15) is 27.6 Å². The number of thioether (sulfide) groups is 1. The van der Waals surface area contributed by atoms with Crippen molar-refractivity contribution < 1.29 is 37.0 Å². The monoisotopic (exact) mass is 487 g/mol. The van der Waals surface area contributed by atoms with Crippen LogP contribution in [-0.4, -0.2) is 66.8 Å². The Labute approximate surface area is 193 Å². The van der Waals surface area contributed by atoms with E-state index in [2.05, 4.69) is 9.72 Å². The normalized spacial score (nSPS) is 20.3. The third-order valence-corrected chi connectivity index (χ3v) is 6.30. The molecule has 0 spiro atoms. The van der Waals surface area contributed by atoms with Crippen LogP contribution in [0.2, 0.25) is 0 Å². The molecule has 180 valence electrons. The second-order valence-electron chi connectivity index (χ2n) is 7.52. The summed E-state index contributed by atoms with van der Waals surface area (Å²) in [4.78, 5) is 42.8. The van der Waals surface area contributed by atoms with Crippen molar-refractivity contribution in [2.24, 2.45) is 5.92 Å². The third kappa shape index (κ3) is 6.40. The Bertz CT molecular complexity index is 925. The van der Waals surface area contributed by atoms with Crippen molar-refractivity contribution in [2.45, 2.75) is 25.4 Å². The lowest BCUT2D eigenvalue weighted by Gasteiger charge is -2.33. The van der Waals surface area contributed by atoms with Gasteiger partial charge in [-0.15, -0.1) is 0 Å². The molecule has 0 aromatic carbocycles. The molecule has 1 aromatic heterocycles. The first-order valence-corrected chi connectivity index (χ1v) is 11.4. The fourth-order valence-electron chi connectivity index (χ4n) is 3.67. The van der Waals surface area contributed by atoms with Crippen LogP contribution in [-0.2, 0) is 30.0 Å². The first-order valence-electron chi connectivity index (χ1n) is 10.4. The highest BCUT2D eigenvalue weighted by atomic mass is 32.2. The molecule has 3 rings (SSSR count). The molecular formula is C21H24F3N3O5S. The maximum atomic E-state index is 13.3. The molecule has 3 heterocycles. The van der Waals surface area contributed by atoms with Crippen molar-refractivity contribution in [2.75, 3.05) is 44.0 Å². The van der Waals surface area contributed by atoms with Gasteiger partial charge in [0.2, 0.25) is 5.91 Å². The van der Waals surface area contributed by atoms with Crippen LogP contribution in [0.15, 0.2) is 29.4 Å². The van der Waals surface area contributed by atoms with Crippen LogP contribution in [0.25, 0.3) is 0 Å². The van der Waals surface area contributed by atoms with Gasteiger partial charge in [0.05, 0.1) is 42.1 Å². The quantitative estimate of drug-likeness (QED) is 0.330. The van der Waals surface area contributed by atoms with E-state index in [1.54, 1.807) is 0 Å². The predicted molar refractivity (Wildman–Crippen MR) is 114 cm³/mol. The first kappa shape index (κ1) is 24.9. The van der Waals surface area contributed by atoms with Crippen LogP contribution in [0.5, 0.6) is 0 Å². The molecule has 2 aliphatic rings. The molecule has 8 nitrogen and oxygen atoms in total. The molecule has 0 bridgehead atoms. The topological polar surface area (TPSA) is 89.0 Å². The Morgan fingerprint density at radius 3 is 2.88 bits per heavy atom. The molecule has 2 saturated heterocycles. The lowest BCUT2D eigenvalue weighted by Crippen LogP contribution is -2.41. The number of piperidine rings is 1. The van der Waals surface area contributed by atoms with E-state index in [1.165, 1.54) is 47.0 Å². The van der Waals surface area contributed by atoms with Gasteiger partial charge in [-0.25, -0.2) is 9.78 Å². The molecule has 1 aromatic rings. The standard InChI is InChI=1S/C21H24F3N3O5S/c1-31-18(29)11-17-27(16(28)13-33-17)9-4-10-32-20(30)14-5-3-8-26(12-14)19-15(21(22,23)24)6-2-7-25-19/h2,6-7,11,14H,3-5,8-10,12-13H2,1H3/b17-11+. The van der Waals surface area contributed by atoms with Gasteiger partial charge >= 0.3 is 18.1 Å². The third-order valence-electron chi connectivity index (χ3n) is 5.27. The molecule has 0 saturated carbocycles. The fraction of sp³-hybridized carbons (Fsp3) is 0.524. The summed E-state index contributed by atoms with van der Waals surface area (Å²) in [5.41, 5.74) is -0.831. The second-order valence-corrected chi connectivity index (χ2v) is 8.51. The van der Waals surface area contributed by atoms with Crippen LogP contribution in [0.4, 0.5) is 19.0 Å². The number of amides is 1. The average molecular weight is 488 g/mol. The first-order chi connectivity index (χ1) is 15.7. The number of halogens is 3. The van der Waals surface area contributed by atoms with Crippen LogP contribution >= 0.6 is 11.8 Å². The van der Waals surface area contributed by atoms with E-state index in [4.69, 9.17) is 4.74 Å². The molecule has 2 fully saturated rings. The largest absolute Gasteiger partial charge is 0.466 e. The van der Waals surface area contributed by atoms with E-state index < -0.39 is 29.6 Å². The summed E-state index contributed by atoms with van der Waals surface area (Å²) >= 11 is 1.23. The molecule has 0 radical (unpaired) electrons. The van der Waals surface area contributed by atoms with Crippen molar-refractivity contribution in [1.29, 1.82) is 0 Å². The van der Waals surface area contributed by atoms with E-state index in [0.717, 1.165) is 6.07 Å². The molecule has 1 amide bonds. The summed E-state index contributed by atoms with van der Waals surface area (Å²) in [6, 6.07) is 2.21. The SMILES string of the molecule is COC(=O)/C=C1/SCC(=O)N1CCCOC(=O)C1CCCN(c2ncccc2C(F)(F)F)C1. The van der Waals surface area contributed by atoms with Gasteiger partial charge in [0.1, 0.15) is 5.82 Å².